The second-order valence-corrected chi connectivity index (χ2v) is 6.16. The van der Waals surface area contributed by atoms with Gasteiger partial charge in [0.15, 0.2) is 23.2 Å². The standard InChI is InChI=1S/C20H23N3O5S/c1-4-16(13-5-8-15(9-6-13)28-12-19(24)25)22-23-20(29)21-14-7-10-17(26-2)18(11-14)27-3/h5-11H,4,12H2,1-3H3,(H,24,25)(H2,21,23,29)/b22-16-. The molecule has 0 fully saturated rings. The van der Waals surface area contributed by atoms with Crippen molar-refractivity contribution >= 4 is 34.7 Å². The minimum atomic E-state index is -1.02. The zero-order valence-corrected chi connectivity index (χ0v) is 17.2. The lowest BCUT2D eigenvalue weighted by Crippen LogP contribution is -2.25. The summed E-state index contributed by atoms with van der Waals surface area (Å²) >= 11 is 5.30. The Kier molecular flexibility index (Phi) is 8.23. The Hall–Kier alpha value is -3.33. The molecule has 2 rings (SSSR count). The fourth-order valence-corrected chi connectivity index (χ4v) is 2.59. The predicted molar refractivity (Wildman–Crippen MR) is 115 cm³/mol. The van der Waals surface area contributed by atoms with Crippen LogP contribution in [0.5, 0.6) is 17.2 Å². The molecule has 8 nitrogen and oxygen atoms in total. The van der Waals surface area contributed by atoms with E-state index in [0.717, 1.165) is 17.0 Å². The van der Waals surface area contributed by atoms with Gasteiger partial charge in [-0.3, -0.25) is 5.43 Å². The number of anilines is 1. The highest BCUT2D eigenvalue weighted by atomic mass is 32.1. The van der Waals surface area contributed by atoms with Crippen LogP contribution in [0.4, 0.5) is 5.69 Å². The van der Waals surface area contributed by atoms with Gasteiger partial charge in [-0.1, -0.05) is 6.92 Å². The average molecular weight is 417 g/mol. The summed E-state index contributed by atoms with van der Waals surface area (Å²) in [5.74, 6) is 0.664. The molecule has 0 saturated carbocycles. The zero-order chi connectivity index (χ0) is 21.2. The number of benzene rings is 2. The van der Waals surface area contributed by atoms with Crippen LogP contribution in [0.15, 0.2) is 47.6 Å². The summed E-state index contributed by atoms with van der Waals surface area (Å²) in [5, 5.41) is 16.4. The van der Waals surface area contributed by atoms with Crippen molar-refractivity contribution < 1.29 is 24.1 Å². The van der Waals surface area contributed by atoms with Gasteiger partial charge in [0.25, 0.3) is 0 Å². The molecule has 0 aliphatic heterocycles. The highest BCUT2D eigenvalue weighted by molar-refractivity contribution is 7.80. The molecule has 0 unspecified atom stereocenters. The quantitative estimate of drug-likeness (QED) is 0.325. The van der Waals surface area contributed by atoms with Crippen LogP contribution in [0.1, 0.15) is 18.9 Å². The van der Waals surface area contributed by atoms with Crippen LogP contribution in [-0.4, -0.2) is 42.7 Å². The number of methoxy groups -OCH3 is 2. The Morgan fingerprint density at radius 3 is 2.38 bits per heavy atom. The van der Waals surface area contributed by atoms with Crippen LogP contribution in [0.3, 0.4) is 0 Å². The van der Waals surface area contributed by atoms with Crippen molar-refractivity contribution in [3.8, 4) is 17.2 Å². The lowest BCUT2D eigenvalue weighted by atomic mass is 10.1. The van der Waals surface area contributed by atoms with Gasteiger partial charge in [0, 0.05) is 11.8 Å². The van der Waals surface area contributed by atoms with Gasteiger partial charge >= 0.3 is 5.97 Å². The lowest BCUT2D eigenvalue weighted by Gasteiger charge is -2.12. The molecule has 0 saturated heterocycles. The SMILES string of the molecule is CC/C(=N/NC(=S)Nc1ccc(OC)c(OC)c1)c1ccc(OCC(=O)O)cc1. The first-order valence-electron chi connectivity index (χ1n) is 8.77. The fourth-order valence-electron chi connectivity index (χ4n) is 2.43. The minimum absolute atomic E-state index is 0.324. The summed E-state index contributed by atoms with van der Waals surface area (Å²) in [6.07, 6.45) is 0.668. The molecule has 2 aromatic carbocycles. The van der Waals surface area contributed by atoms with E-state index in [4.69, 9.17) is 31.5 Å². The van der Waals surface area contributed by atoms with Gasteiger partial charge in [-0.25, -0.2) is 4.79 Å². The summed E-state index contributed by atoms with van der Waals surface area (Å²) in [6, 6.07) is 12.4. The Morgan fingerprint density at radius 2 is 1.79 bits per heavy atom. The van der Waals surface area contributed by atoms with Crippen LogP contribution in [0.25, 0.3) is 0 Å². The van der Waals surface area contributed by atoms with Crippen LogP contribution in [-0.2, 0) is 4.79 Å². The van der Waals surface area contributed by atoms with E-state index in [0.29, 0.717) is 28.8 Å². The molecule has 2 aromatic rings. The highest BCUT2D eigenvalue weighted by Gasteiger charge is 2.07. The molecular formula is C20H23N3O5S. The van der Waals surface area contributed by atoms with Gasteiger partial charge in [-0.2, -0.15) is 5.10 Å². The molecule has 0 spiro atoms. The van der Waals surface area contributed by atoms with Gasteiger partial charge in [0.1, 0.15) is 5.75 Å². The van der Waals surface area contributed by atoms with Gasteiger partial charge in [0.2, 0.25) is 0 Å². The number of carboxylic acids is 1. The molecule has 3 N–H and O–H groups in total. The van der Waals surface area contributed by atoms with Crippen molar-refractivity contribution in [3.63, 3.8) is 0 Å². The van der Waals surface area contributed by atoms with Gasteiger partial charge in [-0.05, 0) is 60.6 Å². The third-order valence-corrected chi connectivity index (χ3v) is 4.01. The molecule has 0 atom stereocenters. The number of nitrogens with one attached hydrogen (secondary N) is 2. The lowest BCUT2D eigenvalue weighted by molar-refractivity contribution is -0.139. The normalized spacial score (nSPS) is 10.8. The Bertz CT molecular complexity index is 884. The van der Waals surface area contributed by atoms with Crippen LogP contribution in [0, 0.1) is 0 Å². The van der Waals surface area contributed by atoms with Crippen molar-refractivity contribution in [1.29, 1.82) is 0 Å². The summed E-state index contributed by atoms with van der Waals surface area (Å²) in [5.41, 5.74) is 5.21. The zero-order valence-electron chi connectivity index (χ0n) is 16.4. The van der Waals surface area contributed by atoms with Gasteiger partial charge in [0.05, 0.1) is 19.9 Å². The van der Waals surface area contributed by atoms with E-state index in [1.54, 1.807) is 38.5 Å². The van der Waals surface area contributed by atoms with E-state index in [1.807, 2.05) is 25.1 Å². The van der Waals surface area contributed by atoms with Gasteiger partial charge in [-0.15, -0.1) is 0 Å². The fraction of sp³-hybridized carbons (Fsp3) is 0.250. The molecule has 9 heteroatoms. The van der Waals surface area contributed by atoms with E-state index < -0.39 is 5.97 Å². The summed E-state index contributed by atoms with van der Waals surface area (Å²) in [7, 11) is 3.14. The topological polar surface area (TPSA) is 101 Å². The molecule has 0 bridgehead atoms. The minimum Gasteiger partial charge on any atom is -0.493 e. The van der Waals surface area contributed by atoms with Crippen molar-refractivity contribution in [3.05, 3.63) is 48.0 Å². The van der Waals surface area contributed by atoms with Crippen molar-refractivity contribution in [2.45, 2.75) is 13.3 Å². The number of hydrogen-bond donors (Lipinski definition) is 3. The molecule has 0 aliphatic rings. The molecule has 0 heterocycles. The second kappa shape index (κ2) is 10.9. The van der Waals surface area contributed by atoms with E-state index >= 15 is 0 Å². The molecule has 154 valence electrons. The Labute approximate surface area is 174 Å². The smallest absolute Gasteiger partial charge is 0.341 e. The van der Waals surface area contributed by atoms with Crippen LogP contribution in [0.2, 0.25) is 0 Å². The second-order valence-electron chi connectivity index (χ2n) is 5.75. The number of hydrogen-bond acceptors (Lipinski definition) is 6. The van der Waals surface area contributed by atoms with Crippen LogP contribution >= 0.6 is 12.2 Å². The Morgan fingerprint density at radius 1 is 1.10 bits per heavy atom. The number of aliphatic carboxylic acids is 1. The van der Waals surface area contributed by atoms with Gasteiger partial charge < -0.3 is 24.6 Å². The van der Waals surface area contributed by atoms with E-state index in [1.165, 1.54) is 0 Å². The number of rotatable bonds is 9. The molecule has 0 aliphatic carbocycles. The maximum Gasteiger partial charge on any atom is 0.341 e. The summed E-state index contributed by atoms with van der Waals surface area (Å²) < 4.78 is 15.6. The first-order valence-corrected chi connectivity index (χ1v) is 9.18. The summed E-state index contributed by atoms with van der Waals surface area (Å²) in [6.45, 7) is 1.59. The average Bonchev–Trinajstić information content (AvgIpc) is 2.73. The van der Waals surface area contributed by atoms with E-state index in [-0.39, 0.29) is 6.61 Å². The van der Waals surface area contributed by atoms with Crippen molar-refractivity contribution in [1.82, 2.24) is 5.43 Å². The van der Waals surface area contributed by atoms with E-state index in [9.17, 15) is 4.79 Å². The van der Waals surface area contributed by atoms with Crippen LogP contribution < -0.4 is 25.0 Å². The van der Waals surface area contributed by atoms with Crippen molar-refractivity contribution in [2.24, 2.45) is 5.10 Å². The molecule has 29 heavy (non-hydrogen) atoms. The third kappa shape index (κ3) is 6.65. The summed E-state index contributed by atoms with van der Waals surface area (Å²) in [4.78, 5) is 10.6. The molecule has 0 amide bonds. The predicted octanol–water partition coefficient (Wildman–Crippen LogP) is 3.27. The number of ether oxygens (including phenoxy) is 3. The van der Waals surface area contributed by atoms with E-state index in [2.05, 4.69) is 15.8 Å². The number of carboxylic acid groups (broad SMARTS) is 1. The molecule has 0 aromatic heterocycles. The number of carbonyl (C=O) groups is 1. The largest absolute Gasteiger partial charge is 0.493 e. The maximum atomic E-state index is 10.6. The first-order chi connectivity index (χ1) is 14.0. The monoisotopic (exact) mass is 417 g/mol. The number of hydrazone groups is 1. The molecular weight excluding hydrogens is 394 g/mol. The Balaban J connectivity index is 2.00. The van der Waals surface area contributed by atoms with Crippen molar-refractivity contribution in [2.75, 3.05) is 26.1 Å². The third-order valence-electron chi connectivity index (χ3n) is 3.82. The first kappa shape index (κ1) is 22.0. The maximum absolute atomic E-state index is 10.6. The number of nitrogens with zero attached hydrogens (tertiary/aromatic N) is 1. The highest BCUT2D eigenvalue weighted by Crippen LogP contribution is 2.29. The number of thiocarbonyl (C=S) groups is 1. The molecule has 0 radical (unpaired) electrons.